The number of aliphatic hydroxyl groups excluding tert-OH is 2. The van der Waals surface area contributed by atoms with E-state index in [1.807, 2.05) is 0 Å². The van der Waals surface area contributed by atoms with E-state index in [0.717, 1.165) is 12.8 Å². The Morgan fingerprint density at radius 1 is 1.10 bits per heavy atom. The summed E-state index contributed by atoms with van der Waals surface area (Å²) in [5.41, 5.74) is 0. The number of carbonyl (C=O) groups is 1. The van der Waals surface area contributed by atoms with Crippen molar-refractivity contribution >= 4 is 5.97 Å². The van der Waals surface area contributed by atoms with Gasteiger partial charge in [0, 0.05) is 0 Å². The molecule has 0 amide bonds. The smallest absolute Gasteiger partial charge is 0.362 e. The van der Waals surface area contributed by atoms with Gasteiger partial charge in [0.15, 0.2) is 26.2 Å². The Bertz CT molecular complexity index is 256. The fraction of sp³-hybridized carbons (Fsp3) is 0.929. The number of carboxylic acid groups (broad SMARTS) is 1. The maximum Gasteiger partial charge on any atom is 0.362 e. The maximum atomic E-state index is 11.0. The summed E-state index contributed by atoms with van der Waals surface area (Å²) in [6.45, 7) is 3.26. The lowest BCUT2D eigenvalue weighted by Crippen LogP contribution is -2.59. The first kappa shape index (κ1) is 19.3. The van der Waals surface area contributed by atoms with Crippen molar-refractivity contribution in [2.75, 3.05) is 26.8 Å². The molecule has 6 nitrogen and oxygen atoms in total. The van der Waals surface area contributed by atoms with Crippen molar-refractivity contribution in [2.24, 2.45) is 0 Å². The molecule has 0 aliphatic carbocycles. The average Bonchev–Trinajstić information content (AvgIpc) is 2.45. The van der Waals surface area contributed by atoms with Gasteiger partial charge in [-0.1, -0.05) is 39.0 Å². The summed E-state index contributed by atoms with van der Waals surface area (Å²) >= 11 is 0. The molecule has 0 aromatic heterocycles. The second-order valence-electron chi connectivity index (χ2n) is 5.32. The molecule has 1 unspecified atom stereocenters. The Morgan fingerprint density at radius 3 is 2.15 bits per heavy atom. The van der Waals surface area contributed by atoms with Crippen molar-refractivity contribution in [1.82, 2.24) is 0 Å². The van der Waals surface area contributed by atoms with Gasteiger partial charge in [0.25, 0.3) is 0 Å². The van der Waals surface area contributed by atoms with Crippen LogP contribution < -0.4 is 0 Å². The monoisotopic (exact) mass is 292 g/mol. The molecule has 0 saturated carbocycles. The molecular formula is C14H30NO5+. The average molecular weight is 292 g/mol. The lowest BCUT2D eigenvalue weighted by Gasteiger charge is -2.36. The Balaban J connectivity index is 3.95. The summed E-state index contributed by atoms with van der Waals surface area (Å²) in [5.74, 6) is -1.06. The minimum atomic E-state index is -1.06. The molecule has 0 bridgehead atoms. The number of rotatable bonds is 13. The zero-order valence-electron chi connectivity index (χ0n) is 12.8. The highest BCUT2D eigenvalue weighted by molar-refractivity contribution is 5.71. The van der Waals surface area contributed by atoms with E-state index in [-0.39, 0.29) is 11.2 Å². The standard InChI is InChI=1S/C14H29NO5/c1-3-4-5-6-7-8-9-20-12-15(10-16,11-17)13(2)14(18)19/h13,16-17H,3-12H2,1-2H3/p+1. The van der Waals surface area contributed by atoms with E-state index in [1.54, 1.807) is 0 Å². The molecule has 0 aromatic rings. The Morgan fingerprint density at radius 2 is 1.65 bits per heavy atom. The van der Waals surface area contributed by atoms with Crippen LogP contribution in [0.25, 0.3) is 0 Å². The van der Waals surface area contributed by atoms with Crippen molar-refractivity contribution in [3.63, 3.8) is 0 Å². The second kappa shape index (κ2) is 11.0. The summed E-state index contributed by atoms with van der Waals surface area (Å²) in [4.78, 5) is 11.0. The largest absolute Gasteiger partial charge is 0.477 e. The molecule has 0 rings (SSSR count). The first-order valence-corrected chi connectivity index (χ1v) is 7.42. The number of hydrogen-bond acceptors (Lipinski definition) is 4. The van der Waals surface area contributed by atoms with Crippen molar-refractivity contribution in [1.29, 1.82) is 0 Å². The third-order valence-electron chi connectivity index (χ3n) is 3.73. The fourth-order valence-electron chi connectivity index (χ4n) is 1.95. The van der Waals surface area contributed by atoms with Crippen LogP contribution in [-0.4, -0.2) is 58.6 Å². The summed E-state index contributed by atoms with van der Waals surface area (Å²) in [6.07, 6.45) is 6.90. The van der Waals surface area contributed by atoms with Crippen LogP contribution in [0.4, 0.5) is 0 Å². The van der Waals surface area contributed by atoms with Crippen LogP contribution in [0.3, 0.4) is 0 Å². The van der Waals surface area contributed by atoms with Gasteiger partial charge >= 0.3 is 5.97 Å². The molecule has 0 aromatic carbocycles. The summed E-state index contributed by atoms with van der Waals surface area (Å²) in [6, 6.07) is -0.908. The zero-order chi connectivity index (χ0) is 15.4. The molecule has 3 N–H and O–H groups in total. The summed E-state index contributed by atoms with van der Waals surface area (Å²) in [5, 5.41) is 27.7. The predicted molar refractivity (Wildman–Crippen MR) is 75.7 cm³/mol. The van der Waals surface area contributed by atoms with Crippen LogP contribution >= 0.6 is 0 Å². The Labute approximate surface area is 121 Å². The van der Waals surface area contributed by atoms with Gasteiger partial charge in [-0.15, -0.1) is 0 Å². The number of quaternary nitrogens is 1. The molecular weight excluding hydrogens is 262 g/mol. The molecule has 0 spiro atoms. The molecule has 1 atom stereocenters. The number of ether oxygens (including phenoxy) is 1. The van der Waals surface area contributed by atoms with Crippen LogP contribution in [-0.2, 0) is 9.53 Å². The summed E-state index contributed by atoms with van der Waals surface area (Å²) in [7, 11) is 0. The highest BCUT2D eigenvalue weighted by atomic mass is 16.5. The molecule has 120 valence electrons. The molecule has 0 fully saturated rings. The van der Waals surface area contributed by atoms with E-state index in [9.17, 15) is 15.0 Å². The second-order valence-corrected chi connectivity index (χ2v) is 5.32. The number of unbranched alkanes of at least 4 members (excludes halogenated alkanes) is 5. The van der Waals surface area contributed by atoms with Crippen molar-refractivity contribution in [3.05, 3.63) is 0 Å². The van der Waals surface area contributed by atoms with Crippen LogP contribution in [0, 0.1) is 0 Å². The SMILES string of the molecule is CCCCCCCCOC[N+](CO)(CO)C(C)C(=O)O. The number of aliphatic carboxylic acids is 1. The first-order chi connectivity index (χ1) is 9.54. The number of hydrogen-bond donors (Lipinski definition) is 3. The molecule has 0 aliphatic rings. The fourth-order valence-corrected chi connectivity index (χ4v) is 1.95. The van der Waals surface area contributed by atoms with Crippen LogP contribution in [0.15, 0.2) is 0 Å². The van der Waals surface area contributed by atoms with Crippen LogP contribution in [0.2, 0.25) is 0 Å². The highest BCUT2D eigenvalue weighted by Gasteiger charge is 2.38. The molecule has 0 aliphatic heterocycles. The van der Waals surface area contributed by atoms with Gasteiger partial charge in [-0.3, -0.25) is 0 Å². The van der Waals surface area contributed by atoms with Gasteiger partial charge in [-0.2, -0.15) is 0 Å². The van der Waals surface area contributed by atoms with E-state index in [4.69, 9.17) is 9.84 Å². The van der Waals surface area contributed by atoms with Crippen LogP contribution in [0.1, 0.15) is 52.4 Å². The topological polar surface area (TPSA) is 87.0 Å². The minimum Gasteiger partial charge on any atom is -0.477 e. The molecule has 0 radical (unpaired) electrons. The van der Waals surface area contributed by atoms with E-state index in [1.165, 1.54) is 32.6 Å². The Hall–Kier alpha value is -0.690. The number of carboxylic acids is 1. The van der Waals surface area contributed by atoms with Gasteiger partial charge < -0.3 is 20.1 Å². The molecule has 0 heterocycles. The molecule has 6 heteroatoms. The van der Waals surface area contributed by atoms with E-state index >= 15 is 0 Å². The van der Waals surface area contributed by atoms with Gasteiger partial charge in [0.05, 0.1) is 6.61 Å². The number of aliphatic hydroxyl groups is 2. The lowest BCUT2D eigenvalue weighted by atomic mass is 10.1. The van der Waals surface area contributed by atoms with Gasteiger partial charge in [-0.25, -0.2) is 9.28 Å². The number of nitrogens with zero attached hydrogens (tertiary/aromatic N) is 1. The van der Waals surface area contributed by atoms with Crippen molar-refractivity contribution in [3.8, 4) is 0 Å². The quantitative estimate of drug-likeness (QED) is 0.272. The maximum absolute atomic E-state index is 11.0. The summed E-state index contributed by atoms with van der Waals surface area (Å²) < 4.78 is 5.06. The molecule has 20 heavy (non-hydrogen) atoms. The van der Waals surface area contributed by atoms with Gasteiger partial charge in [-0.05, 0) is 13.3 Å². The van der Waals surface area contributed by atoms with Crippen molar-refractivity contribution < 1.29 is 29.3 Å². The van der Waals surface area contributed by atoms with Crippen LogP contribution in [0.5, 0.6) is 0 Å². The predicted octanol–water partition coefficient (Wildman–Crippen LogP) is 1.51. The van der Waals surface area contributed by atoms with E-state index in [0.29, 0.717) is 6.61 Å². The lowest BCUT2D eigenvalue weighted by molar-refractivity contribution is -0.989. The molecule has 0 saturated heterocycles. The van der Waals surface area contributed by atoms with Crippen molar-refractivity contribution in [2.45, 2.75) is 58.4 Å². The normalized spacial score (nSPS) is 13.4. The Kier molecular flexibility index (Phi) is 10.6. The van der Waals surface area contributed by atoms with Gasteiger partial charge in [0.2, 0.25) is 0 Å². The third kappa shape index (κ3) is 6.65. The first-order valence-electron chi connectivity index (χ1n) is 7.42. The van der Waals surface area contributed by atoms with Gasteiger partial charge in [0.1, 0.15) is 0 Å². The van der Waals surface area contributed by atoms with E-state index < -0.39 is 25.5 Å². The zero-order valence-corrected chi connectivity index (χ0v) is 12.8. The minimum absolute atomic E-state index is 0.00935. The van der Waals surface area contributed by atoms with E-state index in [2.05, 4.69) is 6.92 Å². The highest BCUT2D eigenvalue weighted by Crippen LogP contribution is 2.13. The third-order valence-corrected chi connectivity index (χ3v) is 3.73.